The second kappa shape index (κ2) is 7.53. The molecule has 2 unspecified atom stereocenters. The van der Waals surface area contributed by atoms with Crippen LogP contribution in [0.2, 0.25) is 0 Å². The van der Waals surface area contributed by atoms with Gasteiger partial charge in [-0.15, -0.1) is 0 Å². The Labute approximate surface area is 162 Å². The van der Waals surface area contributed by atoms with Crippen LogP contribution in [-0.4, -0.2) is 55.2 Å². The summed E-state index contributed by atoms with van der Waals surface area (Å²) >= 11 is 0. The van der Waals surface area contributed by atoms with Crippen LogP contribution in [0.4, 0.5) is 0 Å². The molecule has 0 spiro atoms. The molecule has 7 heteroatoms. The van der Waals surface area contributed by atoms with Crippen LogP contribution in [0.3, 0.4) is 0 Å². The van der Waals surface area contributed by atoms with Crippen LogP contribution in [0.25, 0.3) is 0 Å². The van der Waals surface area contributed by atoms with Gasteiger partial charge in [0.05, 0.1) is 10.8 Å². The van der Waals surface area contributed by atoms with E-state index in [1.54, 1.807) is 17.0 Å². The third kappa shape index (κ3) is 4.05. The van der Waals surface area contributed by atoms with Gasteiger partial charge in [-0.3, -0.25) is 4.79 Å². The number of benzene rings is 1. The van der Waals surface area contributed by atoms with Crippen LogP contribution in [0.1, 0.15) is 43.7 Å². The Balaban J connectivity index is 1.67. The molecule has 6 nitrogen and oxygen atoms in total. The number of nitrogens with zero attached hydrogens (tertiary/aromatic N) is 2. The molecule has 0 bridgehead atoms. The highest BCUT2D eigenvalue weighted by Gasteiger charge is 2.41. The average molecular weight is 394 g/mol. The summed E-state index contributed by atoms with van der Waals surface area (Å²) in [6, 6.07) is 5.23. The zero-order chi connectivity index (χ0) is 19.8. The number of piperazine rings is 1. The Morgan fingerprint density at radius 1 is 1.11 bits per heavy atom. The Hall–Kier alpha value is -1.44. The Morgan fingerprint density at radius 3 is 2.37 bits per heavy atom. The molecule has 0 aromatic heterocycles. The summed E-state index contributed by atoms with van der Waals surface area (Å²) in [6.07, 6.45) is 3.79. The molecule has 0 radical (unpaired) electrons. The number of rotatable bonds is 3. The summed E-state index contributed by atoms with van der Waals surface area (Å²) in [5, 5.41) is 0. The Kier molecular flexibility index (Phi) is 5.66. The van der Waals surface area contributed by atoms with Crippen LogP contribution in [0, 0.1) is 19.8 Å². The topological polar surface area (TPSA) is 83.7 Å². The summed E-state index contributed by atoms with van der Waals surface area (Å²) in [4.78, 5) is 15.1. The molecule has 1 aromatic rings. The second-order valence-corrected chi connectivity index (χ2v) is 10.2. The minimum Gasteiger partial charge on any atom is -0.340 e. The van der Waals surface area contributed by atoms with Gasteiger partial charge in [-0.1, -0.05) is 18.9 Å². The minimum absolute atomic E-state index is 0.0860. The van der Waals surface area contributed by atoms with Gasteiger partial charge in [-0.25, -0.2) is 8.42 Å². The van der Waals surface area contributed by atoms with Gasteiger partial charge in [0.2, 0.25) is 15.9 Å². The normalized spacial score (nSPS) is 27.6. The predicted molar refractivity (Wildman–Crippen MR) is 106 cm³/mol. The van der Waals surface area contributed by atoms with E-state index in [9.17, 15) is 13.2 Å². The van der Waals surface area contributed by atoms with Crippen molar-refractivity contribution < 1.29 is 13.2 Å². The molecule has 150 valence electrons. The van der Waals surface area contributed by atoms with Gasteiger partial charge in [0.25, 0.3) is 0 Å². The number of carbonyl (C=O) groups excluding carboxylic acids is 1. The molecule has 3 rings (SSSR count). The minimum atomic E-state index is -3.53. The number of hydrogen-bond acceptors (Lipinski definition) is 4. The van der Waals surface area contributed by atoms with Gasteiger partial charge in [-0.2, -0.15) is 4.31 Å². The van der Waals surface area contributed by atoms with E-state index >= 15 is 0 Å². The molecule has 27 heavy (non-hydrogen) atoms. The van der Waals surface area contributed by atoms with Crippen LogP contribution >= 0.6 is 0 Å². The fraction of sp³-hybridized carbons (Fsp3) is 0.650. The number of nitrogens with two attached hydrogens (primary N) is 1. The zero-order valence-corrected chi connectivity index (χ0v) is 17.4. The number of aryl methyl sites for hydroxylation is 2. The first-order valence-corrected chi connectivity index (χ1v) is 11.2. The summed E-state index contributed by atoms with van der Waals surface area (Å²) < 4.78 is 27.4. The van der Waals surface area contributed by atoms with Crippen molar-refractivity contribution in [1.29, 1.82) is 0 Å². The highest BCUT2D eigenvalue weighted by Crippen LogP contribution is 2.33. The van der Waals surface area contributed by atoms with Gasteiger partial charge in [0, 0.05) is 31.7 Å². The summed E-state index contributed by atoms with van der Waals surface area (Å²) in [5.41, 5.74) is 7.95. The molecule has 1 amide bonds. The molecule has 2 fully saturated rings. The highest BCUT2D eigenvalue weighted by atomic mass is 32.2. The SMILES string of the molecule is Cc1ccc(S(=O)(=O)N2CCN(C(=O)C3CCCCC3(C)N)CC2)cc1C. The molecule has 1 saturated carbocycles. The number of carbonyl (C=O) groups is 1. The fourth-order valence-corrected chi connectivity index (χ4v) is 5.66. The van der Waals surface area contributed by atoms with Crippen molar-refractivity contribution in [2.24, 2.45) is 11.7 Å². The monoisotopic (exact) mass is 393 g/mol. The molecule has 1 aliphatic carbocycles. The van der Waals surface area contributed by atoms with Crippen molar-refractivity contribution in [2.45, 2.75) is 56.9 Å². The lowest BCUT2D eigenvalue weighted by atomic mass is 9.74. The van der Waals surface area contributed by atoms with Gasteiger partial charge in [-0.05, 0) is 56.9 Å². The summed E-state index contributed by atoms with van der Waals surface area (Å²) in [7, 11) is -3.53. The molecular weight excluding hydrogens is 362 g/mol. The van der Waals surface area contributed by atoms with E-state index in [0.717, 1.165) is 36.8 Å². The van der Waals surface area contributed by atoms with E-state index in [1.807, 2.05) is 26.8 Å². The van der Waals surface area contributed by atoms with Crippen molar-refractivity contribution in [3.8, 4) is 0 Å². The van der Waals surface area contributed by atoms with E-state index in [4.69, 9.17) is 5.73 Å². The van der Waals surface area contributed by atoms with E-state index < -0.39 is 15.6 Å². The van der Waals surface area contributed by atoms with Crippen molar-refractivity contribution >= 4 is 15.9 Å². The molecule has 2 N–H and O–H groups in total. The van der Waals surface area contributed by atoms with E-state index in [-0.39, 0.29) is 11.8 Å². The maximum Gasteiger partial charge on any atom is 0.243 e. The Morgan fingerprint density at radius 2 is 1.78 bits per heavy atom. The lowest BCUT2D eigenvalue weighted by Crippen LogP contribution is -2.57. The molecule has 2 atom stereocenters. The maximum absolute atomic E-state index is 13.0. The van der Waals surface area contributed by atoms with E-state index in [1.165, 1.54) is 4.31 Å². The van der Waals surface area contributed by atoms with Gasteiger partial charge < -0.3 is 10.6 Å². The first kappa shape index (κ1) is 20.3. The van der Waals surface area contributed by atoms with Crippen LogP contribution < -0.4 is 5.73 Å². The summed E-state index contributed by atoms with van der Waals surface area (Å²) in [5.74, 6) is -0.0721. The third-order valence-electron chi connectivity index (χ3n) is 6.22. The lowest BCUT2D eigenvalue weighted by Gasteiger charge is -2.42. The van der Waals surface area contributed by atoms with E-state index in [0.29, 0.717) is 31.1 Å². The molecule has 1 aliphatic heterocycles. The molecule has 2 aliphatic rings. The van der Waals surface area contributed by atoms with Crippen molar-refractivity contribution in [1.82, 2.24) is 9.21 Å². The van der Waals surface area contributed by atoms with Gasteiger partial charge in [0.1, 0.15) is 0 Å². The number of amides is 1. The van der Waals surface area contributed by atoms with Crippen LogP contribution in [-0.2, 0) is 14.8 Å². The smallest absolute Gasteiger partial charge is 0.243 e. The summed E-state index contributed by atoms with van der Waals surface area (Å²) in [6.45, 7) is 7.36. The van der Waals surface area contributed by atoms with Gasteiger partial charge >= 0.3 is 0 Å². The second-order valence-electron chi connectivity index (χ2n) is 8.28. The first-order valence-electron chi connectivity index (χ1n) is 9.78. The number of hydrogen-bond donors (Lipinski definition) is 1. The predicted octanol–water partition coefficient (Wildman–Crippen LogP) is 2.04. The first-order chi connectivity index (χ1) is 12.6. The van der Waals surface area contributed by atoms with Crippen molar-refractivity contribution in [3.05, 3.63) is 29.3 Å². The van der Waals surface area contributed by atoms with Crippen LogP contribution in [0.5, 0.6) is 0 Å². The largest absolute Gasteiger partial charge is 0.340 e. The molecule has 1 aromatic carbocycles. The van der Waals surface area contributed by atoms with Crippen molar-refractivity contribution in [3.63, 3.8) is 0 Å². The van der Waals surface area contributed by atoms with E-state index in [2.05, 4.69) is 0 Å². The third-order valence-corrected chi connectivity index (χ3v) is 8.11. The molecular formula is C20H31N3O3S. The standard InChI is InChI=1S/C20H31N3O3S/c1-15-7-8-17(14-16(15)2)27(25,26)23-12-10-22(11-13-23)19(24)18-6-4-5-9-20(18,3)21/h7-8,14,18H,4-6,9-13,21H2,1-3H3. The molecule has 1 heterocycles. The Bertz CT molecular complexity index is 812. The average Bonchev–Trinajstić information content (AvgIpc) is 2.63. The molecule has 1 saturated heterocycles. The highest BCUT2D eigenvalue weighted by molar-refractivity contribution is 7.89. The lowest BCUT2D eigenvalue weighted by molar-refractivity contribution is -0.140. The maximum atomic E-state index is 13.0. The zero-order valence-electron chi connectivity index (χ0n) is 16.6. The fourth-order valence-electron chi connectivity index (χ4n) is 4.16. The van der Waals surface area contributed by atoms with Gasteiger partial charge in [0.15, 0.2) is 0 Å². The number of sulfonamides is 1. The quantitative estimate of drug-likeness (QED) is 0.852. The van der Waals surface area contributed by atoms with Crippen LogP contribution in [0.15, 0.2) is 23.1 Å². The van der Waals surface area contributed by atoms with Crippen molar-refractivity contribution in [2.75, 3.05) is 26.2 Å².